The van der Waals surface area contributed by atoms with Crippen LogP contribution in [-0.2, 0) is 6.42 Å². The molecule has 0 aliphatic carbocycles. The molecule has 0 bridgehead atoms. The van der Waals surface area contributed by atoms with E-state index in [9.17, 15) is 0 Å². The number of para-hydroxylation sites is 1. The summed E-state index contributed by atoms with van der Waals surface area (Å²) in [4.78, 5) is 3.63. The van der Waals surface area contributed by atoms with Gasteiger partial charge in [0.25, 0.3) is 0 Å². The highest BCUT2D eigenvalue weighted by Crippen LogP contribution is 2.32. The Bertz CT molecular complexity index is 934. The lowest BCUT2D eigenvalue weighted by Gasteiger charge is -2.18. The molecule has 3 rings (SSSR count). The highest BCUT2D eigenvalue weighted by Gasteiger charge is 2.14. The molecule has 1 atom stereocenters. The van der Waals surface area contributed by atoms with Crippen molar-refractivity contribution in [3.05, 3.63) is 84.6 Å². The van der Waals surface area contributed by atoms with E-state index < -0.39 is 0 Å². The predicted molar refractivity (Wildman–Crippen MR) is 122 cm³/mol. The zero-order valence-electron chi connectivity index (χ0n) is 17.0. The fourth-order valence-electron chi connectivity index (χ4n) is 3.59. The van der Waals surface area contributed by atoms with Gasteiger partial charge in [-0.3, -0.25) is 0 Å². The van der Waals surface area contributed by atoms with Crippen LogP contribution >= 0.6 is 0 Å². The molecule has 0 saturated carbocycles. The van der Waals surface area contributed by atoms with E-state index in [2.05, 4.69) is 84.2 Å². The van der Waals surface area contributed by atoms with Crippen LogP contribution in [0.25, 0.3) is 22.2 Å². The Balaban J connectivity index is 1.80. The van der Waals surface area contributed by atoms with Crippen LogP contribution in [0.2, 0.25) is 0 Å². The summed E-state index contributed by atoms with van der Waals surface area (Å²) in [5.41, 5.74) is 7.31. The second-order valence-electron chi connectivity index (χ2n) is 7.37. The Morgan fingerprint density at radius 1 is 1.14 bits per heavy atom. The van der Waals surface area contributed by atoms with Crippen molar-refractivity contribution in [3.8, 4) is 11.3 Å². The molecule has 0 aliphatic rings. The SMILES string of the molecule is C=CC(CCNC)NC(=C)CCc1c(-c2ccc(C)cc2)[nH]c2ccccc12. The summed E-state index contributed by atoms with van der Waals surface area (Å²) in [7, 11) is 1.97. The summed E-state index contributed by atoms with van der Waals surface area (Å²) in [5, 5.41) is 8.00. The number of H-pyrrole nitrogens is 1. The van der Waals surface area contributed by atoms with Crippen LogP contribution in [-0.4, -0.2) is 24.6 Å². The first kappa shape index (κ1) is 20.0. The molecule has 1 heterocycles. The first-order valence-corrected chi connectivity index (χ1v) is 10.0. The van der Waals surface area contributed by atoms with Crippen LogP contribution in [0.4, 0.5) is 0 Å². The van der Waals surface area contributed by atoms with E-state index in [0.29, 0.717) is 0 Å². The normalized spacial score (nSPS) is 12.1. The van der Waals surface area contributed by atoms with Gasteiger partial charge >= 0.3 is 0 Å². The second kappa shape index (κ2) is 9.43. The van der Waals surface area contributed by atoms with Crippen molar-refractivity contribution in [2.24, 2.45) is 0 Å². The maximum absolute atomic E-state index is 4.25. The molecule has 0 spiro atoms. The molecule has 3 heteroatoms. The lowest BCUT2D eigenvalue weighted by Crippen LogP contribution is -2.29. The smallest absolute Gasteiger partial charge is 0.0497 e. The van der Waals surface area contributed by atoms with Gasteiger partial charge in [0.05, 0.1) is 0 Å². The molecular weight excluding hydrogens is 342 g/mol. The molecule has 3 N–H and O–H groups in total. The van der Waals surface area contributed by atoms with Crippen LogP contribution < -0.4 is 10.6 Å². The highest BCUT2D eigenvalue weighted by molar-refractivity contribution is 5.90. The lowest BCUT2D eigenvalue weighted by molar-refractivity contribution is 0.580. The third-order valence-corrected chi connectivity index (χ3v) is 5.21. The van der Waals surface area contributed by atoms with Crippen LogP contribution in [0.15, 0.2) is 73.5 Å². The number of aryl methyl sites for hydroxylation is 2. The second-order valence-corrected chi connectivity index (χ2v) is 7.37. The van der Waals surface area contributed by atoms with Gasteiger partial charge in [0, 0.05) is 28.3 Å². The van der Waals surface area contributed by atoms with Crippen molar-refractivity contribution in [2.75, 3.05) is 13.6 Å². The van der Waals surface area contributed by atoms with Crippen molar-refractivity contribution >= 4 is 10.9 Å². The summed E-state index contributed by atoms with van der Waals surface area (Å²) in [5.74, 6) is 0. The highest BCUT2D eigenvalue weighted by atomic mass is 14.9. The maximum atomic E-state index is 4.25. The third-order valence-electron chi connectivity index (χ3n) is 5.21. The molecule has 0 amide bonds. The molecule has 0 saturated heterocycles. The van der Waals surface area contributed by atoms with E-state index in [-0.39, 0.29) is 6.04 Å². The Hall–Kier alpha value is -2.78. The van der Waals surface area contributed by atoms with Gasteiger partial charge in [0.2, 0.25) is 0 Å². The molecule has 1 unspecified atom stereocenters. The number of aromatic nitrogens is 1. The molecule has 0 fully saturated rings. The lowest BCUT2D eigenvalue weighted by atomic mass is 9.99. The first-order valence-electron chi connectivity index (χ1n) is 10.0. The fraction of sp³-hybridized carbons (Fsp3) is 0.280. The number of hydrogen-bond donors (Lipinski definition) is 3. The Labute approximate surface area is 168 Å². The molecule has 3 nitrogen and oxygen atoms in total. The molecule has 0 radical (unpaired) electrons. The predicted octanol–water partition coefficient (Wildman–Crippen LogP) is 5.34. The molecule has 146 valence electrons. The van der Waals surface area contributed by atoms with Gasteiger partial charge in [0.1, 0.15) is 0 Å². The molecule has 2 aromatic carbocycles. The van der Waals surface area contributed by atoms with Crippen molar-refractivity contribution < 1.29 is 0 Å². The number of benzene rings is 2. The number of aromatic amines is 1. The number of allylic oxidation sites excluding steroid dienone is 1. The zero-order valence-corrected chi connectivity index (χ0v) is 17.0. The van der Waals surface area contributed by atoms with Crippen LogP contribution in [0.5, 0.6) is 0 Å². The van der Waals surface area contributed by atoms with Crippen LogP contribution in [0.1, 0.15) is 24.0 Å². The number of fused-ring (bicyclic) bond motifs is 1. The van der Waals surface area contributed by atoms with Crippen molar-refractivity contribution in [1.82, 2.24) is 15.6 Å². The molecular formula is C25H31N3. The summed E-state index contributed by atoms with van der Waals surface area (Å²) >= 11 is 0. The van der Waals surface area contributed by atoms with Gasteiger partial charge in [-0.25, -0.2) is 0 Å². The molecule has 1 aromatic heterocycles. The monoisotopic (exact) mass is 373 g/mol. The number of hydrogen-bond acceptors (Lipinski definition) is 2. The van der Waals surface area contributed by atoms with Gasteiger partial charge in [-0.05, 0) is 57.0 Å². The number of nitrogens with one attached hydrogen (secondary N) is 3. The third kappa shape index (κ3) is 4.73. The van der Waals surface area contributed by atoms with E-state index in [1.807, 2.05) is 13.1 Å². The Morgan fingerprint density at radius 3 is 2.61 bits per heavy atom. The van der Waals surface area contributed by atoms with E-state index in [4.69, 9.17) is 0 Å². The largest absolute Gasteiger partial charge is 0.383 e. The zero-order chi connectivity index (χ0) is 19.9. The summed E-state index contributed by atoms with van der Waals surface area (Å²) in [6, 6.07) is 17.5. The average Bonchev–Trinajstić information content (AvgIpc) is 3.08. The van der Waals surface area contributed by atoms with Crippen molar-refractivity contribution in [1.29, 1.82) is 0 Å². The van der Waals surface area contributed by atoms with Crippen molar-refractivity contribution in [2.45, 2.75) is 32.2 Å². The molecule has 28 heavy (non-hydrogen) atoms. The minimum absolute atomic E-state index is 0.250. The van der Waals surface area contributed by atoms with Gasteiger partial charge in [-0.2, -0.15) is 0 Å². The summed E-state index contributed by atoms with van der Waals surface area (Å²) in [6.07, 6.45) is 4.80. The van der Waals surface area contributed by atoms with E-state index >= 15 is 0 Å². The summed E-state index contributed by atoms with van der Waals surface area (Å²) < 4.78 is 0. The standard InChI is InChI=1S/C25H31N3/c1-5-21(16-17-26-4)27-19(3)12-15-23-22-8-6-7-9-24(22)28-25(23)20-13-10-18(2)11-14-20/h5-11,13-14,21,26-28H,1,3,12,15-17H2,2,4H3. The Kier molecular flexibility index (Phi) is 6.72. The first-order chi connectivity index (χ1) is 13.6. The Morgan fingerprint density at radius 2 is 1.89 bits per heavy atom. The van der Waals surface area contributed by atoms with E-state index in [1.54, 1.807) is 0 Å². The minimum atomic E-state index is 0.250. The van der Waals surface area contributed by atoms with Crippen LogP contribution in [0.3, 0.4) is 0 Å². The van der Waals surface area contributed by atoms with Gasteiger partial charge in [0.15, 0.2) is 0 Å². The maximum Gasteiger partial charge on any atom is 0.0497 e. The van der Waals surface area contributed by atoms with Gasteiger partial charge < -0.3 is 15.6 Å². The summed E-state index contributed by atoms with van der Waals surface area (Å²) in [6.45, 7) is 11.3. The van der Waals surface area contributed by atoms with E-state index in [0.717, 1.165) is 31.5 Å². The fourth-order valence-corrected chi connectivity index (χ4v) is 3.59. The van der Waals surface area contributed by atoms with Crippen molar-refractivity contribution in [3.63, 3.8) is 0 Å². The minimum Gasteiger partial charge on any atom is -0.383 e. The average molecular weight is 374 g/mol. The topological polar surface area (TPSA) is 39.8 Å². The van der Waals surface area contributed by atoms with Crippen LogP contribution in [0, 0.1) is 6.92 Å². The number of rotatable bonds is 10. The van der Waals surface area contributed by atoms with Gasteiger partial charge in [-0.1, -0.05) is 60.7 Å². The van der Waals surface area contributed by atoms with E-state index in [1.165, 1.54) is 33.3 Å². The molecule has 0 aliphatic heterocycles. The van der Waals surface area contributed by atoms with Gasteiger partial charge in [-0.15, -0.1) is 6.58 Å². The molecule has 3 aromatic rings. The quantitative estimate of drug-likeness (QED) is 0.420.